The second-order valence-electron chi connectivity index (χ2n) is 3.75. The Labute approximate surface area is 130 Å². The van der Waals surface area contributed by atoms with Gasteiger partial charge in [0.2, 0.25) is 10.0 Å². The average Bonchev–Trinajstić information content (AvgIpc) is 2.27. The van der Waals surface area contributed by atoms with Gasteiger partial charge < -0.3 is 5.32 Å². The van der Waals surface area contributed by atoms with Crippen LogP contribution in [0.5, 0.6) is 0 Å². The molecule has 0 aromatic heterocycles. The molecule has 0 aliphatic rings. The molecule has 0 saturated heterocycles. The van der Waals surface area contributed by atoms with Crippen molar-refractivity contribution in [3.63, 3.8) is 0 Å². The highest BCUT2D eigenvalue weighted by molar-refractivity contribution is 7.89. The Kier molecular flexibility index (Phi) is 8.98. The van der Waals surface area contributed by atoms with Crippen molar-refractivity contribution in [3.05, 3.63) is 28.2 Å². The monoisotopic (exact) mass is 346 g/mol. The van der Waals surface area contributed by atoms with Crippen LogP contribution >= 0.6 is 35.6 Å². The van der Waals surface area contributed by atoms with Crippen LogP contribution in [-0.4, -0.2) is 28.1 Å². The van der Waals surface area contributed by atoms with Gasteiger partial charge in [-0.1, -0.05) is 30.1 Å². The summed E-state index contributed by atoms with van der Waals surface area (Å²) in [6.07, 6.45) is 1.01. The molecule has 19 heavy (non-hydrogen) atoms. The fraction of sp³-hybridized carbons (Fsp3) is 0.455. The summed E-state index contributed by atoms with van der Waals surface area (Å²) in [6.45, 7) is 3.82. The van der Waals surface area contributed by atoms with Gasteiger partial charge in [0.25, 0.3) is 0 Å². The topological polar surface area (TPSA) is 58.2 Å². The summed E-state index contributed by atoms with van der Waals surface area (Å²) in [5.74, 6) is 0. The lowest BCUT2D eigenvalue weighted by molar-refractivity contribution is 0.575. The fourth-order valence-electron chi connectivity index (χ4n) is 1.34. The molecule has 8 heteroatoms. The van der Waals surface area contributed by atoms with Crippen molar-refractivity contribution in [3.8, 4) is 0 Å². The lowest BCUT2D eigenvalue weighted by atomic mass is 10.4. The van der Waals surface area contributed by atoms with Crippen molar-refractivity contribution in [2.24, 2.45) is 0 Å². The minimum atomic E-state index is -3.55. The lowest BCUT2D eigenvalue weighted by Gasteiger charge is -2.08. The molecule has 0 bridgehead atoms. The van der Waals surface area contributed by atoms with Crippen LogP contribution < -0.4 is 10.0 Å². The molecule has 0 spiro atoms. The molecule has 0 fully saturated rings. The normalized spacial score (nSPS) is 11.1. The van der Waals surface area contributed by atoms with Gasteiger partial charge in [0, 0.05) is 23.1 Å². The van der Waals surface area contributed by atoms with E-state index in [1.807, 2.05) is 6.92 Å². The quantitative estimate of drug-likeness (QED) is 0.746. The van der Waals surface area contributed by atoms with E-state index in [1.165, 1.54) is 18.2 Å². The molecular formula is C11H17Cl3N2O2S. The Morgan fingerprint density at radius 2 is 1.63 bits per heavy atom. The third-order valence-corrected chi connectivity index (χ3v) is 4.04. The number of benzene rings is 1. The molecule has 0 heterocycles. The van der Waals surface area contributed by atoms with E-state index in [0.717, 1.165) is 13.0 Å². The SMILES string of the molecule is CCCNCCNS(=O)(=O)c1cc(Cl)cc(Cl)c1.Cl. The number of hydrogen-bond acceptors (Lipinski definition) is 3. The largest absolute Gasteiger partial charge is 0.315 e. The standard InChI is InChI=1S/C11H16Cl2N2O2S.ClH/c1-2-3-14-4-5-15-18(16,17)11-7-9(12)6-10(13)8-11;/h6-8,14-15H,2-5H2,1H3;1H. The number of sulfonamides is 1. The molecule has 2 N–H and O–H groups in total. The van der Waals surface area contributed by atoms with E-state index in [1.54, 1.807) is 0 Å². The summed E-state index contributed by atoms with van der Waals surface area (Å²) in [4.78, 5) is 0.0792. The molecule has 0 unspecified atom stereocenters. The van der Waals surface area contributed by atoms with Crippen LogP contribution in [0.3, 0.4) is 0 Å². The smallest absolute Gasteiger partial charge is 0.240 e. The summed E-state index contributed by atoms with van der Waals surface area (Å²) < 4.78 is 26.3. The van der Waals surface area contributed by atoms with E-state index in [0.29, 0.717) is 23.1 Å². The zero-order valence-corrected chi connectivity index (χ0v) is 13.6. The van der Waals surface area contributed by atoms with Gasteiger partial charge in [-0.2, -0.15) is 0 Å². The van der Waals surface area contributed by atoms with Crippen LogP contribution in [0.1, 0.15) is 13.3 Å². The summed E-state index contributed by atoms with van der Waals surface area (Å²) in [7, 11) is -3.55. The van der Waals surface area contributed by atoms with Gasteiger partial charge in [0.1, 0.15) is 0 Å². The predicted molar refractivity (Wildman–Crippen MR) is 82.1 cm³/mol. The molecule has 1 aromatic rings. The first kappa shape index (κ1) is 19.0. The summed E-state index contributed by atoms with van der Waals surface area (Å²) in [6, 6.07) is 4.23. The van der Waals surface area contributed by atoms with Crippen molar-refractivity contribution in [2.75, 3.05) is 19.6 Å². The van der Waals surface area contributed by atoms with Crippen LogP contribution in [0.15, 0.2) is 23.1 Å². The molecule has 0 amide bonds. The molecular weight excluding hydrogens is 331 g/mol. The number of nitrogens with one attached hydrogen (secondary N) is 2. The van der Waals surface area contributed by atoms with Crippen molar-refractivity contribution in [1.29, 1.82) is 0 Å². The summed E-state index contributed by atoms with van der Waals surface area (Å²) >= 11 is 11.5. The molecule has 0 aliphatic carbocycles. The Hall–Kier alpha value is -0.0400. The Bertz CT molecular complexity index is 474. The molecule has 1 aromatic carbocycles. The van der Waals surface area contributed by atoms with Gasteiger partial charge in [-0.15, -0.1) is 12.4 Å². The number of rotatable bonds is 7. The van der Waals surface area contributed by atoms with E-state index in [9.17, 15) is 8.42 Å². The molecule has 1 rings (SSSR count). The average molecular weight is 348 g/mol. The van der Waals surface area contributed by atoms with Crippen molar-refractivity contribution in [1.82, 2.24) is 10.0 Å². The lowest BCUT2D eigenvalue weighted by Crippen LogP contribution is -2.32. The Balaban J connectivity index is 0.00000324. The minimum Gasteiger partial charge on any atom is -0.315 e. The third-order valence-electron chi connectivity index (χ3n) is 2.17. The van der Waals surface area contributed by atoms with E-state index in [4.69, 9.17) is 23.2 Å². The van der Waals surface area contributed by atoms with Crippen molar-refractivity contribution < 1.29 is 8.42 Å². The van der Waals surface area contributed by atoms with E-state index in [2.05, 4.69) is 10.0 Å². The minimum absolute atomic E-state index is 0. The molecule has 0 atom stereocenters. The van der Waals surface area contributed by atoms with Crippen molar-refractivity contribution >= 4 is 45.6 Å². The van der Waals surface area contributed by atoms with Crippen LogP contribution in [0.2, 0.25) is 10.0 Å². The highest BCUT2D eigenvalue weighted by atomic mass is 35.5. The molecule has 0 radical (unpaired) electrons. The second-order valence-corrected chi connectivity index (χ2v) is 6.39. The van der Waals surface area contributed by atoms with Gasteiger partial charge in [-0.05, 0) is 31.2 Å². The molecule has 0 saturated carbocycles. The van der Waals surface area contributed by atoms with Gasteiger partial charge in [0.05, 0.1) is 4.90 Å². The van der Waals surface area contributed by atoms with Gasteiger partial charge >= 0.3 is 0 Å². The van der Waals surface area contributed by atoms with Crippen LogP contribution in [0, 0.1) is 0 Å². The highest BCUT2D eigenvalue weighted by Gasteiger charge is 2.14. The van der Waals surface area contributed by atoms with Crippen LogP contribution in [0.4, 0.5) is 0 Å². The maximum Gasteiger partial charge on any atom is 0.240 e. The first-order valence-corrected chi connectivity index (χ1v) is 7.86. The first-order chi connectivity index (χ1) is 8.45. The summed E-state index contributed by atoms with van der Waals surface area (Å²) in [5, 5.41) is 3.70. The highest BCUT2D eigenvalue weighted by Crippen LogP contribution is 2.21. The molecule has 4 nitrogen and oxygen atoms in total. The number of halogens is 3. The van der Waals surface area contributed by atoms with E-state index >= 15 is 0 Å². The third kappa shape index (κ3) is 6.79. The zero-order valence-electron chi connectivity index (χ0n) is 10.4. The number of hydrogen-bond donors (Lipinski definition) is 2. The van der Waals surface area contributed by atoms with Crippen LogP contribution in [-0.2, 0) is 10.0 Å². The van der Waals surface area contributed by atoms with Gasteiger partial charge in [0.15, 0.2) is 0 Å². The second kappa shape index (κ2) is 9.00. The fourth-order valence-corrected chi connectivity index (χ4v) is 3.10. The molecule has 110 valence electrons. The van der Waals surface area contributed by atoms with Gasteiger partial charge in [-0.3, -0.25) is 0 Å². The molecule has 0 aliphatic heterocycles. The van der Waals surface area contributed by atoms with Crippen molar-refractivity contribution in [2.45, 2.75) is 18.2 Å². The predicted octanol–water partition coefficient (Wildman–Crippen LogP) is 2.69. The Morgan fingerprint density at radius 3 is 2.16 bits per heavy atom. The maximum absolute atomic E-state index is 11.9. The zero-order chi connectivity index (χ0) is 13.6. The van der Waals surface area contributed by atoms with Crippen LogP contribution in [0.25, 0.3) is 0 Å². The van der Waals surface area contributed by atoms with E-state index in [-0.39, 0.29) is 17.3 Å². The maximum atomic E-state index is 11.9. The van der Waals surface area contributed by atoms with E-state index < -0.39 is 10.0 Å². The first-order valence-electron chi connectivity index (χ1n) is 5.62. The van der Waals surface area contributed by atoms with Gasteiger partial charge in [-0.25, -0.2) is 13.1 Å². The Morgan fingerprint density at radius 1 is 1.05 bits per heavy atom. The summed E-state index contributed by atoms with van der Waals surface area (Å²) in [5.41, 5.74) is 0.